The van der Waals surface area contributed by atoms with Crippen LogP contribution in [0.3, 0.4) is 0 Å². The van der Waals surface area contributed by atoms with Crippen molar-refractivity contribution in [3.05, 3.63) is 29.5 Å². The average Bonchev–Trinajstić information content (AvgIpc) is 3.03. The summed E-state index contributed by atoms with van der Waals surface area (Å²) in [7, 11) is 0. The smallest absolute Gasteiger partial charge is 0.273 e. The van der Waals surface area contributed by atoms with Crippen LogP contribution in [-0.4, -0.2) is 39.6 Å². The van der Waals surface area contributed by atoms with E-state index >= 15 is 0 Å². The number of aromatic nitrogens is 1. The fraction of sp³-hybridized carbons (Fsp3) is 0.385. The van der Waals surface area contributed by atoms with Gasteiger partial charge in [0, 0.05) is 5.38 Å². The van der Waals surface area contributed by atoms with E-state index in [4.69, 9.17) is 4.42 Å². The Bertz CT molecular complexity index is 585. The highest BCUT2D eigenvalue weighted by Crippen LogP contribution is 2.28. The zero-order chi connectivity index (χ0) is 13.5. The van der Waals surface area contributed by atoms with Crippen LogP contribution in [0.1, 0.15) is 23.8 Å². The molecule has 0 atom stereocenters. The normalized spacial score (nSPS) is 17.3. The number of rotatable bonds is 3. The number of aliphatic hydroxyl groups is 1. The number of hydrogen-bond donors (Lipinski definition) is 1. The maximum Gasteiger partial charge on any atom is 0.273 e. The Labute approximate surface area is 114 Å². The van der Waals surface area contributed by atoms with Crippen LogP contribution < -0.4 is 0 Å². The molecule has 0 aromatic carbocycles. The van der Waals surface area contributed by atoms with Gasteiger partial charge in [0.2, 0.25) is 0 Å². The van der Waals surface area contributed by atoms with Crippen LogP contribution in [0.4, 0.5) is 0 Å². The molecule has 0 bridgehead atoms. The standard InChI is InChI=1S/C13H14N2O3S/c1-2-13(17)7-15(8-13)12(16)9-6-19-11(14-9)10-4-3-5-18-10/h3-6,17H,2,7-8H2,1H3. The highest BCUT2D eigenvalue weighted by molar-refractivity contribution is 7.13. The van der Waals surface area contributed by atoms with Crippen molar-refractivity contribution in [2.75, 3.05) is 13.1 Å². The van der Waals surface area contributed by atoms with Crippen molar-refractivity contribution in [3.8, 4) is 10.8 Å². The predicted molar refractivity (Wildman–Crippen MR) is 71.0 cm³/mol. The van der Waals surface area contributed by atoms with Gasteiger partial charge < -0.3 is 14.4 Å². The first-order valence-electron chi connectivity index (χ1n) is 6.12. The van der Waals surface area contributed by atoms with Crippen LogP contribution in [0.25, 0.3) is 10.8 Å². The van der Waals surface area contributed by atoms with Crippen molar-refractivity contribution < 1.29 is 14.3 Å². The molecule has 1 aliphatic rings. The Kier molecular flexibility index (Phi) is 2.91. The van der Waals surface area contributed by atoms with Gasteiger partial charge in [-0.2, -0.15) is 0 Å². The van der Waals surface area contributed by atoms with Gasteiger partial charge in [0.05, 0.1) is 25.0 Å². The summed E-state index contributed by atoms with van der Waals surface area (Å²) >= 11 is 1.38. The van der Waals surface area contributed by atoms with E-state index in [9.17, 15) is 9.90 Å². The van der Waals surface area contributed by atoms with Gasteiger partial charge in [-0.3, -0.25) is 4.79 Å². The molecule has 1 fully saturated rings. The van der Waals surface area contributed by atoms with E-state index in [1.54, 1.807) is 22.6 Å². The second-order valence-corrected chi connectivity index (χ2v) is 5.61. The molecule has 1 saturated heterocycles. The third-order valence-electron chi connectivity index (χ3n) is 3.37. The lowest BCUT2D eigenvalue weighted by Gasteiger charge is -2.45. The van der Waals surface area contributed by atoms with Gasteiger partial charge in [0.1, 0.15) is 5.69 Å². The van der Waals surface area contributed by atoms with Gasteiger partial charge >= 0.3 is 0 Å². The second kappa shape index (κ2) is 4.47. The first-order valence-corrected chi connectivity index (χ1v) is 7.00. The van der Waals surface area contributed by atoms with E-state index < -0.39 is 5.60 Å². The highest BCUT2D eigenvalue weighted by atomic mass is 32.1. The molecule has 5 nitrogen and oxygen atoms in total. The zero-order valence-electron chi connectivity index (χ0n) is 10.5. The van der Waals surface area contributed by atoms with Crippen molar-refractivity contribution in [2.45, 2.75) is 18.9 Å². The number of carbonyl (C=O) groups excluding carboxylic acids is 1. The Morgan fingerprint density at radius 1 is 1.63 bits per heavy atom. The first kappa shape index (κ1) is 12.4. The summed E-state index contributed by atoms with van der Waals surface area (Å²) in [5, 5.41) is 12.3. The van der Waals surface area contributed by atoms with Crippen LogP contribution in [0, 0.1) is 0 Å². The van der Waals surface area contributed by atoms with Gasteiger partial charge in [0.15, 0.2) is 10.8 Å². The summed E-state index contributed by atoms with van der Waals surface area (Å²) in [6.45, 7) is 2.69. The topological polar surface area (TPSA) is 66.6 Å². The second-order valence-electron chi connectivity index (χ2n) is 4.75. The number of furan rings is 1. The summed E-state index contributed by atoms with van der Waals surface area (Å²) in [5.41, 5.74) is -0.301. The minimum atomic E-state index is -0.713. The van der Waals surface area contributed by atoms with Crippen LogP contribution >= 0.6 is 11.3 Å². The van der Waals surface area contributed by atoms with E-state index in [2.05, 4.69) is 4.98 Å². The Morgan fingerprint density at radius 2 is 2.42 bits per heavy atom. The molecule has 1 aliphatic heterocycles. The quantitative estimate of drug-likeness (QED) is 0.932. The summed E-state index contributed by atoms with van der Waals surface area (Å²) in [6, 6.07) is 3.60. The SMILES string of the molecule is CCC1(O)CN(C(=O)c2csc(-c3ccco3)n2)C1. The number of nitrogens with zero attached hydrogens (tertiary/aromatic N) is 2. The maximum absolute atomic E-state index is 12.1. The molecular weight excluding hydrogens is 264 g/mol. The molecule has 0 spiro atoms. The van der Waals surface area contributed by atoms with Gasteiger partial charge in [-0.15, -0.1) is 11.3 Å². The van der Waals surface area contributed by atoms with Crippen LogP contribution in [-0.2, 0) is 0 Å². The predicted octanol–water partition coefficient (Wildman–Crippen LogP) is 2.00. The molecule has 6 heteroatoms. The van der Waals surface area contributed by atoms with E-state index in [0.29, 0.717) is 36.0 Å². The molecule has 3 heterocycles. The lowest BCUT2D eigenvalue weighted by Crippen LogP contribution is -2.63. The molecule has 100 valence electrons. The lowest BCUT2D eigenvalue weighted by atomic mass is 9.91. The third kappa shape index (κ3) is 2.17. The summed E-state index contributed by atoms with van der Waals surface area (Å²) in [5.74, 6) is 0.532. The van der Waals surface area contributed by atoms with Crippen molar-refractivity contribution in [1.82, 2.24) is 9.88 Å². The number of thiazole rings is 1. The summed E-state index contributed by atoms with van der Waals surface area (Å²) in [4.78, 5) is 18.0. The molecule has 2 aromatic heterocycles. The minimum Gasteiger partial charge on any atom is -0.462 e. The molecule has 0 saturated carbocycles. The highest BCUT2D eigenvalue weighted by Gasteiger charge is 2.42. The number of amides is 1. The summed E-state index contributed by atoms with van der Waals surface area (Å²) in [6.07, 6.45) is 2.24. The van der Waals surface area contributed by atoms with Crippen molar-refractivity contribution in [2.24, 2.45) is 0 Å². The fourth-order valence-electron chi connectivity index (χ4n) is 2.08. The number of β-amino-alcohol motifs (C(OH)–C–C–N with tert-alkyl or cyclic N) is 1. The molecule has 0 unspecified atom stereocenters. The van der Waals surface area contributed by atoms with Crippen molar-refractivity contribution in [1.29, 1.82) is 0 Å². The molecule has 1 N–H and O–H groups in total. The van der Waals surface area contributed by atoms with E-state index in [1.165, 1.54) is 11.3 Å². The Balaban J connectivity index is 1.72. The monoisotopic (exact) mass is 278 g/mol. The van der Waals surface area contributed by atoms with E-state index in [-0.39, 0.29) is 5.91 Å². The van der Waals surface area contributed by atoms with Crippen molar-refractivity contribution >= 4 is 17.2 Å². The number of hydrogen-bond acceptors (Lipinski definition) is 5. The fourth-order valence-corrected chi connectivity index (χ4v) is 2.84. The molecule has 1 amide bonds. The molecule has 2 aromatic rings. The molecule has 0 radical (unpaired) electrons. The van der Waals surface area contributed by atoms with E-state index in [0.717, 1.165) is 0 Å². The van der Waals surface area contributed by atoms with Crippen LogP contribution in [0.5, 0.6) is 0 Å². The maximum atomic E-state index is 12.1. The van der Waals surface area contributed by atoms with Gasteiger partial charge in [0.25, 0.3) is 5.91 Å². The number of carbonyl (C=O) groups is 1. The zero-order valence-corrected chi connectivity index (χ0v) is 11.3. The van der Waals surface area contributed by atoms with E-state index in [1.807, 2.05) is 13.0 Å². The summed E-state index contributed by atoms with van der Waals surface area (Å²) < 4.78 is 5.25. The first-order chi connectivity index (χ1) is 9.11. The van der Waals surface area contributed by atoms with Crippen molar-refractivity contribution in [3.63, 3.8) is 0 Å². The molecule has 19 heavy (non-hydrogen) atoms. The lowest BCUT2D eigenvalue weighted by molar-refractivity contribution is -0.0827. The van der Waals surface area contributed by atoms with Gasteiger partial charge in [-0.25, -0.2) is 4.98 Å². The van der Waals surface area contributed by atoms with Gasteiger partial charge in [-0.05, 0) is 18.6 Å². The largest absolute Gasteiger partial charge is 0.462 e. The minimum absolute atomic E-state index is 0.132. The molecule has 0 aliphatic carbocycles. The third-order valence-corrected chi connectivity index (χ3v) is 4.23. The Hall–Kier alpha value is -1.66. The van der Waals surface area contributed by atoms with Crippen LogP contribution in [0.15, 0.2) is 28.2 Å². The molecule has 3 rings (SSSR count). The molecular formula is C13H14N2O3S. The Morgan fingerprint density at radius 3 is 3.05 bits per heavy atom. The van der Waals surface area contributed by atoms with Gasteiger partial charge in [-0.1, -0.05) is 6.92 Å². The number of likely N-dealkylation sites (tertiary alicyclic amines) is 1. The average molecular weight is 278 g/mol. The van der Waals surface area contributed by atoms with Crippen LogP contribution in [0.2, 0.25) is 0 Å².